The van der Waals surface area contributed by atoms with Crippen LogP contribution in [0.4, 0.5) is 0 Å². The molecule has 0 N–H and O–H groups in total. The van der Waals surface area contributed by atoms with Gasteiger partial charge in [-0.1, -0.05) is 299 Å². The van der Waals surface area contributed by atoms with E-state index in [1.54, 1.807) is 104 Å². The van der Waals surface area contributed by atoms with Gasteiger partial charge < -0.3 is 70.7 Å². The highest BCUT2D eigenvalue weighted by Gasteiger charge is 2.60. The lowest BCUT2D eigenvalue weighted by molar-refractivity contribution is -0.372. The van der Waals surface area contributed by atoms with Gasteiger partial charge in [-0.25, -0.2) is 14.4 Å². The third kappa shape index (κ3) is 21.5. The number of hydrogen-bond acceptors (Lipinski definition) is 19. The Morgan fingerprint density at radius 1 is 0.405 bits per heavy atom. The first-order chi connectivity index (χ1) is 56.7. The number of esters is 3. The lowest BCUT2D eigenvalue weighted by atomic mass is 9.94. The standard InChI is InChI=1S/C94H97N3O18Si/c1-6-65(2)107-92-86(112-89(99)72-49-29-13-30-50-72)85(105-61-70-45-25-11-26-46-70)82(77(109-92)63-102-58-67-39-19-8-20-40-67)114-91-79(96-97-95)83(103-59-68-41-21-9-22-42-68)80(78(108-91)64-106-116(94(3,4)5,74-53-33-15-34-54-74)75-55-35-16-36-56-75)115-93-87(113-90(100)73-51-31-14-32-52-73)84(104-60-69-43-23-10-24-44-69)81(111-88(98)71-47-27-12-28-48-71)76(110-93)62-101-57-66-37-17-7-18-38-66/h6-56,65,76-87,91-93H,1,57-64H2,2-5H3/t65?,76-,77-,78-,79-,80-,81-,82-,83-,84+,85+,86-,87-,91-,92-,93+/m1/s1. The van der Waals surface area contributed by atoms with E-state index in [4.69, 9.17) is 70.7 Å². The Hall–Kier alpha value is -10.6. The number of benzene rings is 10. The molecule has 116 heavy (non-hydrogen) atoms. The minimum absolute atomic E-state index is 0.0525. The fourth-order valence-corrected chi connectivity index (χ4v) is 19.3. The molecule has 3 aliphatic heterocycles. The summed E-state index contributed by atoms with van der Waals surface area (Å²) in [5.74, 6) is -2.27. The molecule has 10 aromatic rings. The van der Waals surface area contributed by atoms with E-state index in [-0.39, 0.29) is 69.5 Å². The van der Waals surface area contributed by atoms with Crippen molar-refractivity contribution in [1.82, 2.24) is 0 Å². The second-order valence-corrected chi connectivity index (χ2v) is 33.9. The molecule has 1 unspecified atom stereocenters. The van der Waals surface area contributed by atoms with E-state index in [1.165, 1.54) is 0 Å². The third-order valence-electron chi connectivity index (χ3n) is 20.5. The average Bonchev–Trinajstić information content (AvgIpc) is 0.744. The number of ether oxygens (including phenoxy) is 14. The van der Waals surface area contributed by atoms with E-state index in [2.05, 4.69) is 61.6 Å². The zero-order valence-corrected chi connectivity index (χ0v) is 66.2. The summed E-state index contributed by atoms with van der Waals surface area (Å²) < 4.78 is 107. The smallest absolute Gasteiger partial charge is 0.338 e. The van der Waals surface area contributed by atoms with E-state index >= 15 is 4.79 Å². The molecular formula is C94H97N3O18Si. The van der Waals surface area contributed by atoms with Gasteiger partial charge in [0.2, 0.25) is 0 Å². The van der Waals surface area contributed by atoms with Crippen LogP contribution in [0.25, 0.3) is 10.4 Å². The Kier molecular flexibility index (Phi) is 29.7. The molecule has 3 heterocycles. The first-order valence-electron chi connectivity index (χ1n) is 39.1. The minimum Gasteiger partial charge on any atom is -0.453 e. The summed E-state index contributed by atoms with van der Waals surface area (Å²) >= 11 is 0. The van der Waals surface area contributed by atoms with Crippen molar-refractivity contribution in [3.63, 3.8) is 0 Å². The van der Waals surface area contributed by atoms with E-state index < -0.39 is 129 Å². The second kappa shape index (κ2) is 41.3. The Bertz CT molecular complexity index is 4670. The molecule has 0 aliphatic carbocycles. The van der Waals surface area contributed by atoms with Crippen molar-refractivity contribution in [2.75, 3.05) is 19.8 Å². The number of carbonyl (C=O) groups is 3. The van der Waals surface area contributed by atoms with E-state index in [1.807, 2.05) is 188 Å². The number of hydrogen-bond donors (Lipinski definition) is 0. The van der Waals surface area contributed by atoms with Gasteiger partial charge in [-0.2, -0.15) is 0 Å². The maximum absolute atomic E-state index is 15.3. The van der Waals surface area contributed by atoms with Gasteiger partial charge in [0.15, 0.2) is 37.2 Å². The Labute approximate surface area is 677 Å². The summed E-state index contributed by atoms with van der Waals surface area (Å²) in [6, 6.07) is 91.4. The number of rotatable bonds is 36. The highest BCUT2D eigenvalue weighted by atomic mass is 28.4. The number of azide groups is 1. The molecule has 0 bridgehead atoms. The Morgan fingerprint density at radius 3 is 1.11 bits per heavy atom. The van der Waals surface area contributed by atoms with Crippen LogP contribution in [0.5, 0.6) is 0 Å². The van der Waals surface area contributed by atoms with Gasteiger partial charge >= 0.3 is 17.9 Å². The van der Waals surface area contributed by atoms with Crippen molar-refractivity contribution < 1.29 is 85.1 Å². The second-order valence-electron chi connectivity index (χ2n) is 29.6. The van der Waals surface area contributed by atoms with Crippen molar-refractivity contribution in [2.45, 2.75) is 164 Å². The topological polar surface area (TPSA) is 238 Å². The third-order valence-corrected chi connectivity index (χ3v) is 25.5. The Morgan fingerprint density at radius 2 is 0.716 bits per heavy atom. The lowest BCUT2D eigenvalue weighted by Gasteiger charge is -2.51. The highest BCUT2D eigenvalue weighted by molar-refractivity contribution is 6.99. The molecule has 0 spiro atoms. The molecule has 3 saturated heterocycles. The molecule has 21 nitrogen and oxygen atoms in total. The molecule has 0 radical (unpaired) electrons. The molecule has 22 heteroatoms. The van der Waals surface area contributed by atoms with E-state index in [0.29, 0.717) is 5.56 Å². The van der Waals surface area contributed by atoms with Crippen molar-refractivity contribution in [2.24, 2.45) is 5.11 Å². The summed E-state index contributed by atoms with van der Waals surface area (Å²) in [6.07, 6.45) is -19.2. The lowest BCUT2D eigenvalue weighted by Crippen LogP contribution is -2.70. The zero-order valence-electron chi connectivity index (χ0n) is 65.2. The Balaban J connectivity index is 0.997. The fraction of sp³-hybridized carbons (Fsp3) is 0.309. The van der Waals surface area contributed by atoms with Crippen LogP contribution in [0.15, 0.2) is 321 Å². The van der Waals surface area contributed by atoms with Crippen molar-refractivity contribution in [3.05, 3.63) is 371 Å². The summed E-state index contributed by atoms with van der Waals surface area (Å²) in [5, 5.41) is 5.85. The summed E-state index contributed by atoms with van der Waals surface area (Å²) in [7, 11) is -3.63. The molecular weight excluding hydrogens is 1490 g/mol. The normalized spacial score (nSPS) is 23.7. The molecule has 0 saturated carbocycles. The van der Waals surface area contributed by atoms with Gasteiger partial charge in [0.05, 0.1) is 75.6 Å². The monoisotopic (exact) mass is 1580 g/mol. The van der Waals surface area contributed by atoms with Crippen LogP contribution in [0.3, 0.4) is 0 Å². The largest absolute Gasteiger partial charge is 0.453 e. The van der Waals surface area contributed by atoms with Crippen molar-refractivity contribution >= 4 is 36.6 Å². The summed E-state index contributed by atoms with van der Waals surface area (Å²) in [5.41, 5.74) is 15.8. The van der Waals surface area contributed by atoms with Crippen LogP contribution < -0.4 is 10.4 Å². The highest BCUT2D eigenvalue weighted by Crippen LogP contribution is 2.42. The number of carbonyl (C=O) groups excluding carboxylic acids is 3. The van der Waals surface area contributed by atoms with E-state index in [9.17, 15) is 15.1 Å². The zero-order chi connectivity index (χ0) is 80.5. The molecule has 600 valence electrons. The summed E-state index contributed by atoms with van der Waals surface area (Å²) in [6.45, 7) is 11.5. The molecule has 13 rings (SSSR count). The van der Waals surface area contributed by atoms with Crippen LogP contribution in [0, 0.1) is 0 Å². The van der Waals surface area contributed by atoms with Gasteiger partial charge in [0.1, 0.15) is 54.9 Å². The van der Waals surface area contributed by atoms with Gasteiger partial charge in [0, 0.05) is 4.91 Å². The molecule has 0 aromatic heterocycles. The van der Waals surface area contributed by atoms with Crippen LogP contribution in [0.1, 0.15) is 86.6 Å². The van der Waals surface area contributed by atoms with Gasteiger partial charge in [-0.15, -0.1) is 6.58 Å². The van der Waals surface area contributed by atoms with Gasteiger partial charge in [-0.05, 0) is 92.1 Å². The predicted octanol–water partition coefficient (Wildman–Crippen LogP) is 15.6. The predicted molar refractivity (Wildman–Crippen MR) is 437 cm³/mol. The maximum atomic E-state index is 15.3. The van der Waals surface area contributed by atoms with Crippen molar-refractivity contribution in [3.8, 4) is 0 Å². The quantitative estimate of drug-likeness (QED) is 0.00674. The van der Waals surface area contributed by atoms with Crippen LogP contribution in [-0.4, -0.2) is 144 Å². The van der Waals surface area contributed by atoms with Crippen LogP contribution in [0.2, 0.25) is 5.04 Å². The van der Waals surface area contributed by atoms with Crippen LogP contribution in [-0.2, 0) is 104 Å². The molecule has 3 fully saturated rings. The first-order valence-corrected chi connectivity index (χ1v) is 41.0. The molecule has 3 aliphatic rings. The minimum atomic E-state index is -3.63. The SMILES string of the molecule is C=CC(C)O[C@@H]1O[C@H](COCc2ccccc2)[C@@H](O[C@H]2O[C@H](CO[Si](c3ccccc3)(c3ccccc3)C(C)(C)C)[C@@H](O[C@@H]3O[C@H](COCc4ccccc4)[C@@H](OC(=O)c4ccccc4)[C@H](OCc4ccccc4)[C@H]3OC(=O)c3ccccc3)[C@H](OCc3ccccc3)[C@H]2N=[N+]=[N-])[C@H](OCc2ccccc2)[C@H]1OC(=O)c1ccccc1. The van der Waals surface area contributed by atoms with Crippen LogP contribution >= 0.6 is 0 Å². The average molecular weight is 1580 g/mol. The summed E-state index contributed by atoms with van der Waals surface area (Å²) in [4.78, 5) is 48.6. The molecule has 0 amide bonds. The first kappa shape index (κ1) is 83.3. The maximum Gasteiger partial charge on any atom is 0.338 e. The van der Waals surface area contributed by atoms with Gasteiger partial charge in [-0.3, -0.25) is 0 Å². The number of nitrogens with zero attached hydrogens (tertiary/aromatic N) is 3. The fourth-order valence-electron chi connectivity index (χ4n) is 14.7. The molecule has 16 atom stereocenters. The van der Waals surface area contributed by atoms with E-state index in [0.717, 1.165) is 32.6 Å². The molecule has 10 aromatic carbocycles. The van der Waals surface area contributed by atoms with Crippen molar-refractivity contribution in [1.29, 1.82) is 0 Å². The van der Waals surface area contributed by atoms with Gasteiger partial charge in [0.25, 0.3) is 8.32 Å².